The molecule has 1 N–H and O–H groups in total. The van der Waals surface area contributed by atoms with E-state index in [0.29, 0.717) is 0 Å². The molecule has 1 aliphatic heterocycles. The highest BCUT2D eigenvalue weighted by atomic mass is 32.2. The van der Waals surface area contributed by atoms with Crippen LogP contribution in [0.2, 0.25) is 0 Å². The van der Waals surface area contributed by atoms with Crippen molar-refractivity contribution in [2.75, 3.05) is 5.75 Å². The van der Waals surface area contributed by atoms with Crippen LogP contribution in [0.25, 0.3) is 0 Å². The molecule has 17 heavy (non-hydrogen) atoms. The fourth-order valence-corrected chi connectivity index (χ4v) is 2.78. The van der Waals surface area contributed by atoms with Gasteiger partial charge in [0.05, 0.1) is 11.8 Å². The first kappa shape index (κ1) is 11.8. The van der Waals surface area contributed by atoms with Crippen LogP contribution in [0, 0.1) is 5.82 Å². The zero-order chi connectivity index (χ0) is 12.5. The molecule has 0 saturated carbocycles. The molecule has 6 heteroatoms. The van der Waals surface area contributed by atoms with E-state index in [1.54, 1.807) is 0 Å². The Balaban J connectivity index is 2.06. The Morgan fingerprint density at radius 3 is 2.76 bits per heavy atom. The maximum atomic E-state index is 12.9. The van der Waals surface area contributed by atoms with Crippen molar-refractivity contribution in [3.05, 3.63) is 47.1 Å². The van der Waals surface area contributed by atoms with Crippen molar-refractivity contribution in [2.24, 2.45) is 0 Å². The molecule has 1 aromatic carbocycles. The maximum absolute atomic E-state index is 12.9. The highest BCUT2D eigenvalue weighted by Crippen LogP contribution is 2.09. The van der Waals surface area contributed by atoms with Gasteiger partial charge in [-0.3, -0.25) is 4.79 Å². The minimum absolute atomic E-state index is 0.145. The zero-order valence-corrected chi connectivity index (χ0v) is 9.58. The summed E-state index contributed by atoms with van der Waals surface area (Å²) in [5, 5.41) is 3.58. The summed E-state index contributed by atoms with van der Waals surface area (Å²) < 4.78 is 35.1. The average molecular weight is 255 g/mol. The second kappa shape index (κ2) is 4.29. The lowest BCUT2D eigenvalue weighted by atomic mass is 10.2. The van der Waals surface area contributed by atoms with Crippen molar-refractivity contribution in [3.8, 4) is 0 Å². The van der Waals surface area contributed by atoms with E-state index < -0.39 is 27.6 Å². The lowest BCUT2D eigenvalue weighted by Gasteiger charge is -2.09. The minimum atomic E-state index is -3.20. The van der Waals surface area contributed by atoms with Gasteiger partial charge in [0.25, 0.3) is 5.91 Å². The van der Waals surface area contributed by atoms with Crippen LogP contribution >= 0.6 is 0 Å². The zero-order valence-electron chi connectivity index (χ0n) is 8.76. The van der Waals surface area contributed by atoms with Crippen LogP contribution < -0.4 is 5.32 Å². The molecule has 1 aromatic rings. The molecule has 0 fully saturated rings. The van der Waals surface area contributed by atoms with Gasteiger partial charge < -0.3 is 5.32 Å². The summed E-state index contributed by atoms with van der Waals surface area (Å²) >= 11 is 0. The lowest BCUT2D eigenvalue weighted by Crippen LogP contribution is -2.35. The number of rotatable bonds is 2. The van der Waals surface area contributed by atoms with E-state index in [1.165, 1.54) is 24.3 Å². The van der Waals surface area contributed by atoms with E-state index in [2.05, 4.69) is 5.32 Å². The Kier molecular flexibility index (Phi) is 2.97. The van der Waals surface area contributed by atoms with Gasteiger partial charge in [0, 0.05) is 11.0 Å². The van der Waals surface area contributed by atoms with Crippen LogP contribution in [-0.4, -0.2) is 26.1 Å². The molecule has 1 heterocycles. The number of halogens is 1. The average Bonchev–Trinajstić information content (AvgIpc) is 2.58. The third kappa shape index (κ3) is 2.91. The van der Waals surface area contributed by atoms with Gasteiger partial charge in [0.15, 0.2) is 9.84 Å². The van der Waals surface area contributed by atoms with Gasteiger partial charge in [-0.2, -0.15) is 0 Å². The molecule has 0 radical (unpaired) electrons. The molecule has 2 rings (SSSR count). The van der Waals surface area contributed by atoms with Gasteiger partial charge in [-0.25, -0.2) is 12.8 Å². The van der Waals surface area contributed by atoms with E-state index in [1.807, 2.05) is 0 Å². The highest BCUT2D eigenvalue weighted by Gasteiger charge is 2.23. The standard InChI is InChI=1S/C11H10FNO3S/c12-9-3-1-2-8(6-9)11(14)13-10-4-5-17(15,16)7-10/h1-6,10H,7H2,(H,13,14)/t10-/m0/s1. The number of carbonyl (C=O) groups is 1. The largest absolute Gasteiger partial charge is 0.345 e. The molecule has 0 bridgehead atoms. The van der Waals surface area contributed by atoms with E-state index in [4.69, 9.17) is 0 Å². The van der Waals surface area contributed by atoms with Gasteiger partial charge >= 0.3 is 0 Å². The number of amides is 1. The molecule has 90 valence electrons. The number of carbonyl (C=O) groups excluding carboxylic acids is 1. The third-order valence-electron chi connectivity index (χ3n) is 2.33. The summed E-state index contributed by atoms with van der Waals surface area (Å²) in [7, 11) is -3.20. The van der Waals surface area contributed by atoms with Gasteiger partial charge in [-0.05, 0) is 24.3 Å². The Morgan fingerprint density at radius 2 is 2.18 bits per heavy atom. The van der Waals surface area contributed by atoms with E-state index in [9.17, 15) is 17.6 Å². The van der Waals surface area contributed by atoms with E-state index in [0.717, 1.165) is 11.5 Å². The first-order valence-corrected chi connectivity index (χ1v) is 6.65. The fourth-order valence-electron chi connectivity index (χ4n) is 1.55. The molecular formula is C11H10FNO3S. The fraction of sp³-hybridized carbons (Fsp3) is 0.182. The molecule has 0 saturated heterocycles. The topological polar surface area (TPSA) is 63.2 Å². The predicted molar refractivity (Wildman–Crippen MR) is 60.6 cm³/mol. The molecule has 1 aliphatic rings. The highest BCUT2D eigenvalue weighted by molar-refractivity contribution is 7.94. The maximum Gasteiger partial charge on any atom is 0.251 e. The van der Waals surface area contributed by atoms with Crippen molar-refractivity contribution in [1.29, 1.82) is 0 Å². The van der Waals surface area contributed by atoms with Crippen LogP contribution in [0.15, 0.2) is 35.7 Å². The normalized spacial score (nSPS) is 21.4. The quantitative estimate of drug-likeness (QED) is 0.852. The van der Waals surface area contributed by atoms with Crippen molar-refractivity contribution >= 4 is 15.7 Å². The predicted octanol–water partition coefficient (Wildman–Crippen LogP) is 0.866. The smallest absolute Gasteiger partial charge is 0.251 e. The van der Waals surface area contributed by atoms with Gasteiger partial charge in [-0.15, -0.1) is 0 Å². The number of sulfone groups is 1. The number of benzene rings is 1. The van der Waals surface area contributed by atoms with Crippen LogP contribution in [-0.2, 0) is 9.84 Å². The van der Waals surface area contributed by atoms with Crippen LogP contribution in [0.3, 0.4) is 0 Å². The summed E-state index contributed by atoms with van der Waals surface area (Å²) in [4.78, 5) is 11.7. The molecular weight excluding hydrogens is 245 g/mol. The van der Waals surface area contributed by atoms with Crippen LogP contribution in [0.5, 0.6) is 0 Å². The molecule has 0 spiro atoms. The Labute approximate surface area is 98.1 Å². The second-order valence-corrected chi connectivity index (χ2v) is 5.68. The Morgan fingerprint density at radius 1 is 1.41 bits per heavy atom. The molecule has 0 aromatic heterocycles. The summed E-state index contributed by atoms with van der Waals surface area (Å²) in [6.07, 6.45) is 1.41. The molecule has 1 atom stereocenters. The summed E-state index contributed by atoms with van der Waals surface area (Å²) in [6, 6.07) is 4.67. The first-order valence-electron chi connectivity index (χ1n) is 4.94. The lowest BCUT2D eigenvalue weighted by molar-refractivity contribution is 0.0947. The van der Waals surface area contributed by atoms with Crippen molar-refractivity contribution < 1.29 is 17.6 Å². The number of hydrogen-bond acceptors (Lipinski definition) is 3. The molecule has 0 aliphatic carbocycles. The van der Waals surface area contributed by atoms with E-state index >= 15 is 0 Å². The SMILES string of the molecule is O=C(N[C@H]1C=CS(=O)(=O)C1)c1cccc(F)c1. The molecule has 0 unspecified atom stereocenters. The Hall–Kier alpha value is -1.69. The second-order valence-electron chi connectivity index (χ2n) is 3.75. The van der Waals surface area contributed by atoms with Crippen molar-refractivity contribution in [2.45, 2.75) is 6.04 Å². The summed E-state index contributed by atoms with van der Waals surface area (Å²) in [5.74, 6) is -1.14. The van der Waals surface area contributed by atoms with Crippen molar-refractivity contribution in [1.82, 2.24) is 5.32 Å². The Bertz CT molecular complexity index is 580. The monoisotopic (exact) mass is 255 g/mol. The summed E-state index contributed by atoms with van der Waals surface area (Å²) in [6.45, 7) is 0. The van der Waals surface area contributed by atoms with Gasteiger partial charge in [0.2, 0.25) is 0 Å². The van der Waals surface area contributed by atoms with Crippen molar-refractivity contribution in [3.63, 3.8) is 0 Å². The number of hydrogen-bond donors (Lipinski definition) is 1. The number of nitrogens with one attached hydrogen (secondary N) is 1. The third-order valence-corrected chi connectivity index (χ3v) is 3.73. The van der Waals surface area contributed by atoms with E-state index in [-0.39, 0.29) is 11.3 Å². The minimum Gasteiger partial charge on any atom is -0.345 e. The van der Waals surface area contributed by atoms with Crippen LogP contribution in [0.1, 0.15) is 10.4 Å². The molecule has 1 amide bonds. The van der Waals surface area contributed by atoms with Crippen LogP contribution in [0.4, 0.5) is 4.39 Å². The van der Waals surface area contributed by atoms with Gasteiger partial charge in [0.1, 0.15) is 5.82 Å². The molecule has 4 nitrogen and oxygen atoms in total. The van der Waals surface area contributed by atoms with Gasteiger partial charge in [-0.1, -0.05) is 6.07 Å². The summed E-state index contributed by atoms with van der Waals surface area (Å²) in [5.41, 5.74) is 0.169. The first-order chi connectivity index (χ1) is 7.96.